The van der Waals surface area contributed by atoms with E-state index in [1.807, 2.05) is 30.3 Å². The third kappa shape index (κ3) is 3.16. The number of piperidine rings is 1. The van der Waals surface area contributed by atoms with Crippen LogP contribution in [0.5, 0.6) is 0 Å². The summed E-state index contributed by atoms with van der Waals surface area (Å²) >= 11 is 0. The number of carbonyl (C=O) groups is 1. The van der Waals surface area contributed by atoms with E-state index in [4.69, 9.17) is 4.84 Å². The summed E-state index contributed by atoms with van der Waals surface area (Å²) in [5.41, 5.74) is 2.55. The molecule has 1 aromatic rings. The van der Waals surface area contributed by atoms with Crippen molar-refractivity contribution < 1.29 is 18.0 Å². The van der Waals surface area contributed by atoms with Crippen molar-refractivity contribution in [1.29, 1.82) is 0 Å². The second-order valence-electron chi connectivity index (χ2n) is 5.38. The number of rotatable bonds is 5. The Bertz CT molecular complexity index is 608. The van der Waals surface area contributed by atoms with E-state index in [0.717, 1.165) is 5.56 Å². The predicted octanol–water partition coefficient (Wildman–Crippen LogP) is 1.05. The van der Waals surface area contributed by atoms with Crippen molar-refractivity contribution in [2.75, 3.05) is 26.0 Å². The van der Waals surface area contributed by atoms with Crippen LogP contribution in [0.1, 0.15) is 25.3 Å². The number of sulfonamides is 1. The highest BCUT2D eigenvalue weighted by Gasteiger charge is 2.44. The first-order valence-corrected chi connectivity index (χ1v) is 8.94. The molecule has 1 fully saturated rings. The first-order chi connectivity index (χ1) is 10.5. The Labute approximate surface area is 131 Å². The average Bonchev–Trinajstić information content (AvgIpc) is 2.56. The van der Waals surface area contributed by atoms with Gasteiger partial charge >= 0.3 is 0 Å². The Morgan fingerprint density at radius 2 is 1.86 bits per heavy atom. The lowest BCUT2D eigenvalue weighted by atomic mass is 9.72. The zero-order chi connectivity index (χ0) is 16.2. The van der Waals surface area contributed by atoms with Gasteiger partial charge in [-0.15, -0.1) is 0 Å². The van der Waals surface area contributed by atoms with Gasteiger partial charge in [0.25, 0.3) is 5.91 Å². The maximum Gasteiger partial charge on any atom is 0.254 e. The molecule has 0 radical (unpaired) electrons. The van der Waals surface area contributed by atoms with Crippen LogP contribution in [0, 0.1) is 0 Å². The fourth-order valence-electron chi connectivity index (χ4n) is 2.92. The van der Waals surface area contributed by atoms with Crippen molar-refractivity contribution in [3.63, 3.8) is 0 Å². The van der Waals surface area contributed by atoms with Crippen LogP contribution >= 0.6 is 0 Å². The fourth-order valence-corrected chi connectivity index (χ4v) is 4.03. The lowest BCUT2D eigenvalue weighted by molar-refractivity contribution is -0.139. The average molecular weight is 326 g/mol. The largest absolute Gasteiger partial charge is 0.277 e. The quantitative estimate of drug-likeness (QED) is 0.821. The van der Waals surface area contributed by atoms with Gasteiger partial charge in [0.2, 0.25) is 10.0 Å². The summed E-state index contributed by atoms with van der Waals surface area (Å²) in [5.74, 6) is -0.148. The summed E-state index contributed by atoms with van der Waals surface area (Å²) in [6.45, 7) is 2.30. The molecule has 1 heterocycles. The minimum Gasteiger partial charge on any atom is -0.277 e. The van der Waals surface area contributed by atoms with Gasteiger partial charge in [-0.1, -0.05) is 30.3 Å². The molecule has 2 rings (SSSR count). The second-order valence-corrected chi connectivity index (χ2v) is 7.64. The fraction of sp³-hybridized carbons (Fsp3) is 0.533. The van der Waals surface area contributed by atoms with Gasteiger partial charge in [-0.05, 0) is 25.3 Å². The standard InChI is InChI=1S/C15H22N2O4S/c1-3-22(19,20)17-11-9-15(10-12-17,14(18)16-21-2)13-7-5-4-6-8-13/h4-8H,3,9-12H2,1-2H3,(H,16,18). The Balaban J connectivity index is 2.29. The molecule has 0 unspecified atom stereocenters. The summed E-state index contributed by atoms with van der Waals surface area (Å²) in [6.07, 6.45) is 0.872. The van der Waals surface area contributed by atoms with Crippen molar-refractivity contribution in [2.45, 2.75) is 25.2 Å². The molecule has 1 saturated heterocycles. The van der Waals surface area contributed by atoms with Crippen molar-refractivity contribution in [3.8, 4) is 0 Å². The van der Waals surface area contributed by atoms with Crippen LogP contribution in [0.15, 0.2) is 30.3 Å². The molecule has 1 amide bonds. The number of hydrogen-bond acceptors (Lipinski definition) is 4. The molecule has 0 saturated carbocycles. The van der Waals surface area contributed by atoms with E-state index in [9.17, 15) is 13.2 Å². The third-order valence-electron chi connectivity index (χ3n) is 4.29. The molecule has 0 atom stereocenters. The molecule has 7 heteroatoms. The Morgan fingerprint density at radius 1 is 1.27 bits per heavy atom. The number of nitrogens with zero attached hydrogens (tertiary/aromatic N) is 1. The van der Waals surface area contributed by atoms with Gasteiger partial charge in [-0.3, -0.25) is 9.63 Å². The minimum atomic E-state index is -3.22. The van der Waals surface area contributed by atoms with E-state index in [0.29, 0.717) is 25.9 Å². The number of hydrogen-bond donors (Lipinski definition) is 1. The van der Waals surface area contributed by atoms with Gasteiger partial charge in [0, 0.05) is 13.1 Å². The van der Waals surface area contributed by atoms with Crippen LogP contribution in [0.3, 0.4) is 0 Å². The molecular weight excluding hydrogens is 304 g/mol. The number of nitrogens with one attached hydrogen (secondary N) is 1. The van der Waals surface area contributed by atoms with Crippen molar-refractivity contribution >= 4 is 15.9 Å². The van der Waals surface area contributed by atoms with Crippen LogP contribution in [-0.4, -0.2) is 44.6 Å². The molecule has 0 spiro atoms. The van der Waals surface area contributed by atoms with E-state index in [2.05, 4.69) is 5.48 Å². The molecule has 22 heavy (non-hydrogen) atoms. The molecule has 1 aromatic carbocycles. The van der Waals surface area contributed by atoms with Gasteiger partial charge in [-0.25, -0.2) is 18.2 Å². The molecule has 0 bridgehead atoms. The van der Waals surface area contributed by atoms with Gasteiger partial charge in [0.05, 0.1) is 18.3 Å². The Hall–Kier alpha value is -1.44. The maximum atomic E-state index is 12.5. The highest BCUT2D eigenvalue weighted by atomic mass is 32.2. The monoisotopic (exact) mass is 326 g/mol. The zero-order valence-electron chi connectivity index (χ0n) is 12.9. The van der Waals surface area contributed by atoms with E-state index in [1.54, 1.807) is 6.92 Å². The summed E-state index contributed by atoms with van der Waals surface area (Å²) in [7, 11) is -1.83. The minimum absolute atomic E-state index is 0.0790. The SMILES string of the molecule is CCS(=O)(=O)N1CCC(C(=O)NOC)(c2ccccc2)CC1. The molecule has 1 N–H and O–H groups in total. The van der Waals surface area contributed by atoms with E-state index >= 15 is 0 Å². The lowest BCUT2D eigenvalue weighted by Crippen LogP contribution is -2.52. The molecule has 1 aliphatic rings. The summed E-state index contributed by atoms with van der Waals surface area (Å²) in [6, 6.07) is 9.46. The van der Waals surface area contributed by atoms with Crippen molar-refractivity contribution in [2.24, 2.45) is 0 Å². The summed E-state index contributed by atoms with van der Waals surface area (Å²) in [5, 5.41) is 0. The summed E-state index contributed by atoms with van der Waals surface area (Å²) < 4.78 is 25.5. The van der Waals surface area contributed by atoms with Crippen LogP contribution in [0.4, 0.5) is 0 Å². The van der Waals surface area contributed by atoms with Crippen molar-refractivity contribution in [1.82, 2.24) is 9.79 Å². The number of carbonyl (C=O) groups excluding carboxylic acids is 1. The lowest BCUT2D eigenvalue weighted by Gasteiger charge is -2.40. The van der Waals surface area contributed by atoms with Crippen LogP contribution < -0.4 is 5.48 Å². The topological polar surface area (TPSA) is 75.7 Å². The summed E-state index contributed by atoms with van der Waals surface area (Å²) in [4.78, 5) is 17.3. The smallest absolute Gasteiger partial charge is 0.254 e. The van der Waals surface area contributed by atoms with Gasteiger partial charge in [-0.2, -0.15) is 0 Å². The molecule has 0 aromatic heterocycles. The normalized spacial score (nSPS) is 18.8. The van der Waals surface area contributed by atoms with Crippen molar-refractivity contribution in [3.05, 3.63) is 35.9 Å². The molecule has 1 aliphatic heterocycles. The number of benzene rings is 1. The van der Waals surface area contributed by atoms with E-state index < -0.39 is 15.4 Å². The van der Waals surface area contributed by atoms with Gasteiger partial charge in [0.15, 0.2) is 0 Å². The molecule has 0 aliphatic carbocycles. The van der Waals surface area contributed by atoms with E-state index in [-0.39, 0.29) is 11.7 Å². The predicted molar refractivity (Wildman–Crippen MR) is 83.5 cm³/mol. The molecular formula is C15H22N2O4S. The third-order valence-corrected chi connectivity index (χ3v) is 6.17. The molecule has 122 valence electrons. The van der Waals surface area contributed by atoms with Crippen LogP contribution in [0.2, 0.25) is 0 Å². The first kappa shape index (κ1) is 16.9. The number of hydroxylamine groups is 1. The van der Waals surface area contributed by atoms with Crippen LogP contribution in [-0.2, 0) is 25.1 Å². The zero-order valence-corrected chi connectivity index (χ0v) is 13.7. The molecule has 6 nitrogen and oxygen atoms in total. The highest BCUT2D eigenvalue weighted by Crippen LogP contribution is 2.36. The Morgan fingerprint density at radius 3 is 2.36 bits per heavy atom. The van der Waals surface area contributed by atoms with Gasteiger partial charge in [0.1, 0.15) is 0 Å². The second kappa shape index (κ2) is 6.76. The maximum absolute atomic E-state index is 12.5. The number of amides is 1. The van der Waals surface area contributed by atoms with E-state index in [1.165, 1.54) is 11.4 Å². The van der Waals surface area contributed by atoms with Gasteiger partial charge < -0.3 is 0 Å². The Kier molecular flexibility index (Phi) is 5.20. The first-order valence-electron chi connectivity index (χ1n) is 7.33. The van der Waals surface area contributed by atoms with Crippen LogP contribution in [0.25, 0.3) is 0 Å². The highest BCUT2D eigenvalue weighted by molar-refractivity contribution is 7.89.